The van der Waals surface area contributed by atoms with Crippen molar-refractivity contribution in [2.24, 2.45) is 12.8 Å². The van der Waals surface area contributed by atoms with E-state index in [2.05, 4.69) is 20.4 Å². The van der Waals surface area contributed by atoms with Crippen LogP contribution in [-0.4, -0.2) is 31.6 Å². The normalized spacial score (nSPS) is 10.5. The number of amides is 2. The van der Waals surface area contributed by atoms with Crippen molar-refractivity contribution in [2.45, 2.75) is 6.42 Å². The number of aryl methyl sites for hydroxylation is 1. The lowest BCUT2D eigenvalue weighted by molar-refractivity contribution is -0.115. The smallest absolute Gasteiger partial charge is 0.250 e. The van der Waals surface area contributed by atoms with E-state index in [1.54, 1.807) is 65.9 Å². The van der Waals surface area contributed by atoms with Crippen LogP contribution in [0.5, 0.6) is 11.5 Å². The molecule has 0 atom stereocenters. The van der Waals surface area contributed by atoms with E-state index in [4.69, 9.17) is 10.5 Å². The molecule has 160 valence electrons. The maximum atomic E-state index is 12.4. The molecule has 0 radical (unpaired) electrons. The van der Waals surface area contributed by atoms with Crippen LogP contribution in [0.15, 0.2) is 73.4 Å². The van der Waals surface area contributed by atoms with Gasteiger partial charge in [-0.1, -0.05) is 0 Å². The molecule has 0 aliphatic heterocycles. The van der Waals surface area contributed by atoms with Crippen LogP contribution in [-0.2, 0) is 18.3 Å². The largest absolute Gasteiger partial charge is 0.457 e. The number of carbonyl (C=O) groups excluding carboxylic acids is 2. The third kappa shape index (κ3) is 4.96. The van der Waals surface area contributed by atoms with E-state index < -0.39 is 5.91 Å². The number of anilines is 1. The zero-order chi connectivity index (χ0) is 22.5. The highest BCUT2D eigenvalue weighted by molar-refractivity contribution is 6.03. The molecule has 0 aliphatic carbocycles. The van der Waals surface area contributed by atoms with Crippen LogP contribution in [0.2, 0.25) is 0 Å². The number of nitrogens with zero attached hydrogens (tertiary/aromatic N) is 4. The minimum absolute atomic E-state index is 0.145. The summed E-state index contributed by atoms with van der Waals surface area (Å²) in [5.41, 5.74) is 8.35. The monoisotopic (exact) mass is 428 g/mol. The van der Waals surface area contributed by atoms with Gasteiger partial charge in [-0.2, -0.15) is 5.10 Å². The number of hydrogen-bond donors (Lipinski definition) is 2. The standard InChI is InChI=1S/C23H20N6O3/c1-29-14-16(13-27-29)21-12-18(6-9-26-21)32-17-2-3-20(19(11-17)23(24)31)28-22(30)10-15-4-7-25-8-5-15/h2-9,11-14H,10H2,1H3,(H2,24,31)(H,28,30). The highest BCUT2D eigenvalue weighted by Gasteiger charge is 2.14. The van der Waals surface area contributed by atoms with E-state index in [0.717, 1.165) is 11.1 Å². The zero-order valence-electron chi connectivity index (χ0n) is 17.2. The highest BCUT2D eigenvalue weighted by atomic mass is 16.5. The Morgan fingerprint density at radius 3 is 2.56 bits per heavy atom. The Morgan fingerprint density at radius 2 is 1.84 bits per heavy atom. The van der Waals surface area contributed by atoms with Crippen LogP contribution in [0.1, 0.15) is 15.9 Å². The number of ether oxygens (including phenoxy) is 1. The van der Waals surface area contributed by atoms with Gasteiger partial charge >= 0.3 is 0 Å². The number of nitrogens with two attached hydrogens (primary N) is 1. The molecule has 3 N–H and O–H groups in total. The van der Waals surface area contributed by atoms with Crippen molar-refractivity contribution in [1.82, 2.24) is 19.7 Å². The highest BCUT2D eigenvalue weighted by Crippen LogP contribution is 2.28. The van der Waals surface area contributed by atoms with Crippen LogP contribution in [0, 0.1) is 0 Å². The molecule has 2 amide bonds. The maximum absolute atomic E-state index is 12.4. The fraction of sp³-hybridized carbons (Fsp3) is 0.0870. The minimum Gasteiger partial charge on any atom is -0.457 e. The lowest BCUT2D eigenvalue weighted by Gasteiger charge is -2.12. The molecule has 0 aliphatic rings. The van der Waals surface area contributed by atoms with Gasteiger partial charge in [0.2, 0.25) is 5.91 Å². The Morgan fingerprint density at radius 1 is 1.06 bits per heavy atom. The molecular weight excluding hydrogens is 408 g/mol. The molecule has 9 heteroatoms. The number of hydrogen-bond acceptors (Lipinski definition) is 6. The molecule has 0 saturated heterocycles. The second-order valence-corrected chi connectivity index (χ2v) is 7.03. The van der Waals surface area contributed by atoms with Gasteiger partial charge in [0.1, 0.15) is 11.5 Å². The summed E-state index contributed by atoms with van der Waals surface area (Å²) in [5.74, 6) is -0.0268. The van der Waals surface area contributed by atoms with E-state index in [9.17, 15) is 9.59 Å². The van der Waals surface area contributed by atoms with E-state index in [-0.39, 0.29) is 17.9 Å². The SMILES string of the molecule is Cn1cc(-c2cc(Oc3ccc(NC(=O)Cc4ccncc4)c(C(N)=O)c3)ccn2)cn1. The number of primary amides is 1. The summed E-state index contributed by atoms with van der Waals surface area (Å²) in [5, 5.41) is 6.87. The number of rotatable bonds is 7. The van der Waals surface area contributed by atoms with Gasteiger partial charge in [0.05, 0.1) is 29.6 Å². The maximum Gasteiger partial charge on any atom is 0.250 e. The number of nitrogens with one attached hydrogen (secondary N) is 1. The van der Waals surface area contributed by atoms with Crippen molar-refractivity contribution >= 4 is 17.5 Å². The Hall–Kier alpha value is -4.53. The van der Waals surface area contributed by atoms with Gasteiger partial charge in [0.25, 0.3) is 5.91 Å². The fourth-order valence-corrected chi connectivity index (χ4v) is 3.10. The molecule has 4 rings (SSSR count). The molecule has 3 heterocycles. The molecule has 9 nitrogen and oxygen atoms in total. The predicted octanol–water partition coefficient (Wildman–Crippen LogP) is 2.95. The first-order valence-corrected chi connectivity index (χ1v) is 9.73. The van der Waals surface area contributed by atoms with Crippen molar-refractivity contribution in [3.63, 3.8) is 0 Å². The third-order valence-electron chi connectivity index (χ3n) is 4.61. The fourth-order valence-electron chi connectivity index (χ4n) is 3.10. The summed E-state index contributed by atoms with van der Waals surface area (Å²) in [6.07, 6.45) is 8.56. The van der Waals surface area contributed by atoms with Gasteiger partial charge in [0.15, 0.2) is 0 Å². The predicted molar refractivity (Wildman–Crippen MR) is 118 cm³/mol. The van der Waals surface area contributed by atoms with Gasteiger partial charge in [-0.3, -0.25) is 24.2 Å². The van der Waals surface area contributed by atoms with Gasteiger partial charge < -0.3 is 15.8 Å². The molecular formula is C23H20N6O3. The molecule has 0 bridgehead atoms. The van der Waals surface area contributed by atoms with Crippen LogP contribution in [0.4, 0.5) is 5.69 Å². The van der Waals surface area contributed by atoms with Gasteiger partial charge in [-0.05, 0) is 42.0 Å². The third-order valence-corrected chi connectivity index (χ3v) is 4.61. The second-order valence-electron chi connectivity index (χ2n) is 7.03. The number of carbonyl (C=O) groups is 2. The van der Waals surface area contributed by atoms with Crippen molar-refractivity contribution < 1.29 is 14.3 Å². The van der Waals surface area contributed by atoms with Crippen LogP contribution < -0.4 is 15.8 Å². The first-order valence-electron chi connectivity index (χ1n) is 9.73. The van der Waals surface area contributed by atoms with Crippen molar-refractivity contribution in [2.75, 3.05) is 5.32 Å². The summed E-state index contributed by atoms with van der Waals surface area (Å²) in [4.78, 5) is 32.6. The van der Waals surface area contributed by atoms with Crippen LogP contribution in [0.25, 0.3) is 11.3 Å². The molecule has 32 heavy (non-hydrogen) atoms. The average Bonchev–Trinajstić information content (AvgIpc) is 3.22. The Labute approximate surface area is 183 Å². The Bertz CT molecular complexity index is 1270. The van der Waals surface area contributed by atoms with E-state index in [0.29, 0.717) is 22.9 Å². The van der Waals surface area contributed by atoms with Crippen molar-refractivity contribution in [3.05, 3.63) is 84.6 Å². The Balaban J connectivity index is 1.52. The quantitative estimate of drug-likeness (QED) is 0.466. The zero-order valence-corrected chi connectivity index (χ0v) is 17.2. The van der Waals surface area contributed by atoms with Gasteiger partial charge in [-0.25, -0.2) is 0 Å². The molecule has 0 spiro atoms. The lowest BCUT2D eigenvalue weighted by Crippen LogP contribution is -2.19. The molecule has 1 aromatic carbocycles. The second kappa shape index (κ2) is 9.09. The first-order chi connectivity index (χ1) is 15.5. The molecule has 0 fully saturated rings. The van der Waals surface area contributed by atoms with Crippen LogP contribution in [0.3, 0.4) is 0 Å². The van der Waals surface area contributed by atoms with E-state index in [1.165, 1.54) is 6.07 Å². The van der Waals surface area contributed by atoms with Gasteiger partial charge in [0, 0.05) is 43.5 Å². The average molecular weight is 428 g/mol. The lowest BCUT2D eigenvalue weighted by atomic mass is 10.1. The number of benzene rings is 1. The number of pyridine rings is 2. The summed E-state index contributed by atoms with van der Waals surface area (Å²) in [6.45, 7) is 0. The molecule has 0 saturated carbocycles. The van der Waals surface area contributed by atoms with E-state index in [1.807, 2.05) is 13.2 Å². The first kappa shape index (κ1) is 20.7. The summed E-state index contributed by atoms with van der Waals surface area (Å²) in [6, 6.07) is 11.7. The van der Waals surface area contributed by atoms with E-state index >= 15 is 0 Å². The topological polar surface area (TPSA) is 125 Å². The minimum atomic E-state index is -0.680. The molecule has 0 unspecified atom stereocenters. The number of aromatic nitrogens is 4. The van der Waals surface area contributed by atoms with Crippen molar-refractivity contribution in [1.29, 1.82) is 0 Å². The summed E-state index contributed by atoms with van der Waals surface area (Å²) in [7, 11) is 1.83. The van der Waals surface area contributed by atoms with Crippen molar-refractivity contribution in [3.8, 4) is 22.8 Å². The van der Waals surface area contributed by atoms with Crippen LogP contribution >= 0.6 is 0 Å². The Kier molecular flexibility index (Phi) is 5.89. The van der Waals surface area contributed by atoms with Gasteiger partial charge in [-0.15, -0.1) is 0 Å². The summed E-state index contributed by atoms with van der Waals surface area (Å²) < 4.78 is 7.59. The molecule has 4 aromatic rings. The molecule has 3 aromatic heterocycles. The summed E-state index contributed by atoms with van der Waals surface area (Å²) >= 11 is 0.